The fourth-order valence-corrected chi connectivity index (χ4v) is 2.34. The van der Waals surface area contributed by atoms with E-state index in [0.29, 0.717) is 5.56 Å². The molecule has 0 aliphatic carbocycles. The molecule has 1 atom stereocenters. The summed E-state index contributed by atoms with van der Waals surface area (Å²) in [5.41, 5.74) is -0.439. The van der Waals surface area contributed by atoms with E-state index in [-0.39, 0.29) is 17.5 Å². The van der Waals surface area contributed by atoms with E-state index in [4.69, 9.17) is 0 Å². The number of ether oxygens (including phenoxy) is 2. The number of nitrogens with zero attached hydrogens (tertiary/aromatic N) is 1. The van der Waals surface area contributed by atoms with Crippen LogP contribution in [0.2, 0.25) is 0 Å². The van der Waals surface area contributed by atoms with Gasteiger partial charge in [-0.15, -0.1) is 0 Å². The summed E-state index contributed by atoms with van der Waals surface area (Å²) >= 11 is 0. The van der Waals surface area contributed by atoms with Gasteiger partial charge < -0.3 is 19.6 Å². The lowest BCUT2D eigenvalue weighted by Gasteiger charge is -2.17. The Morgan fingerprint density at radius 2 is 2.08 bits per heavy atom. The molecule has 24 heavy (non-hydrogen) atoms. The van der Waals surface area contributed by atoms with E-state index < -0.39 is 29.2 Å². The van der Waals surface area contributed by atoms with E-state index in [1.165, 1.54) is 19.5 Å². The Hall–Kier alpha value is -3.16. The number of H-pyrrole nitrogens is 1. The second-order valence-electron chi connectivity index (χ2n) is 4.90. The van der Waals surface area contributed by atoms with E-state index >= 15 is 0 Å². The van der Waals surface area contributed by atoms with Gasteiger partial charge in [-0.05, 0) is 11.6 Å². The molecule has 0 aromatic carbocycles. The van der Waals surface area contributed by atoms with Crippen LogP contribution in [0.15, 0.2) is 35.5 Å². The van der Waals surface area contributed by atoms with Gasteiger partial charge in [-0.2, -0.15) is 0 Å². The predicted octanol–water partition coefficient (Wildman–Crippen LogP) is 0.957. The lowest BCUT2D eigenvalue weighted by atomic mass is 9.89. The van der Waals surface area contributed by atoms with Crippen LogP contribution >= 0.6 is 0 Å². The monoisotopic (exact) mass is 332 g/mol. The maximum atomic E-state index is 12.2. The number of carbonyl (C=O) groups excluding carboxylic acids is 2. The second-order valence-corrected chi connectivity index (χ2v) is 4.90. The average molecular weight is 332 g/mol. The second kappa shape index (κ2) is 7.40. The summed E-state index contributed by atoms with van der Waals surface area (Å²) in [7, 11) is 2.37. The van der Waals surface area contributed by atoms with Crippen molar-refractivity contribution >= 4 is 11.9 Å². The summed E-state index contributed by atoms with van der Waals surface area (Å²) in [5, 5.41) is 10.4. The quantitative estimate of drug-likeness (QED) is 0.783. The van der Waals surface area contributed by atoms with Crippen molar-refractivity contribution in [3.05, 3.63) is 57.8 Å². The lowest BCUT2D eigenvalue weighted by Crippen LogP contribution is -2.22. The molecular formula is C16H16N2O6. The first kappa shape index (κ1) is 17.2. The van der Waals surface area contributed by atoms with E-state index in [9.17, 15) is 19.5 Å². The van der Waals surface area contributed by atoms with Gasteiger partial charge in [0.15, 0.2) is 0 Å². The number of hydrogen-bond donors (Lipinski definition) is 2. The molecule has 2 aromatic rings. The first-order valence-electron chi connectivity index (χ1n) is 6.99. The van der Waals surface area contributed by atoms with Crippen LogP contribution in [0.4, 0.5) is 0 Å². The van der Waals surface area contributed by atoms with Crippen LogP contribution < -0.4 is 5.56 Å². The first-order valence-corrected chi connectivity index (χ1v) is 6.99. The summed E-state index contributed by atoms with van der Waals surface area (Å²) in [6.07, 6.45) is 3.86. The molecule has 0 saturated carbocycles. The maximum Gasteiger partial charge on any atom is 0.343 e. The zero-order chi connectivity index (χ0) is 17.7. The molecule has 0 saturated heterocycles. The molecule has 0 aliphatic heterocycles. The number of nitrogens with one attached hydrogen (secondary N) is 1. The molecule has 2 aromatic heterocycles. The number of aromatic amines is 1. The van der Waals surface area contributed by atoms with Crippen LogP contribution in [0.25, 0.3) is 0 Å². The van der Waals surface area contributed by atoms with Crippen molar-refractivity contribution in [2.45, 2.75) is 12.3 Å². The molecule has 0 fully saturated rings. The zero-order valence-corrected chi connectivity index (χ0v) is 13.1. The number of methoxy groups -OCH3 is 2. The topological polar surface area (TPSA) is 119 Å². The van der Waals surface area contributed by atoms with Gasteiger partial charge in [0, 0.05) is 24.5 Å². The molecule has 0 spiro atoms. The number of aromatic nitrogens is 2. The Labute approximate surface area is 137 Å². The van der Waals surface area contributed by atoms with Gasteiger partial charge in [0.1, 0.15) is 11.3 Å². The standard InChI is InChI=1S/C16H16N2O6/c1-23-12(19)6-10(9-4-3-5-17-7-9)13-14(20)11(16(22)24-2)8-18-15(13)21/h3-5,7-8,10H,6H2,1-2H3,(H2,18,20,21)/t10-/m0/s1. The van der Waals surface area contributed by atoms with Crippen molar-refractivity contribution in [3.8, 4) is 5.75 Å². The molecule has 2 heterocycles. The summed E-state index contributed by atoms with van der Waals surface area (Å²) in [6.45, 7) is 0. The molecule has 2 rings (SSSR count). The van der Waals surface area contributed by atoms with Crippen LogP contribution in [0, 0.1) is 0 Å². The van der Waals surface area contributed by atoms with E-state index in [2.05, 4.69) is 19.4 Å². The van der Waals surface area contributed by atoms with Crippen LogP contribution in [0.5, 0.6) is 5.75 Å². The minimum Gasteiger partial charge on any atom is -0.506 e. The van der Waals surface area contributed by atoms with Crippen molar-refractivity contribution in [1.29, 1.82) is 0 Å². The van der Waals surface area contributed by atoms with Gasteiger partial charge >= 0.3 is 11.9 Å². The SMILES string of the molecule is COC(=O)C[C@@H](c1cccnc1)c1c(O)c(C(=O)OC)c[nH]c1=O. The summed E-state index contributed by atoms with van der Waals surface area (Å²) in [4.78, 5) is 42.0. The Balaban J connectivity index is 2.64. The third-order valence-electron chi connectivity index (χ3n) is 3.54. The Morgan fingerprint density at radius 3 is 2.67 bits per heavy atom. The molecule has 0 aliphatic rings. The number of hydrogen-bond acceptors (Lipinski definition) is 7. The van der Waals surface area contributed by atoms with Crippen LogP contribution in [-0.2, 0) is 14.3 Å². The molecule has 2 N–H and O–H groups in total. The van der Waals surface area contributed by atoms with Crippen LogP contribution in [0.1, 0.15) is 33.8 Å². The largest absolute Gasteiger partial charge is 0.506 e. The highest BCUT2D eigenvalue weighted by atomic mass is 16.5. The molecule has 0 amide bonds. The summed E-state index contributed by atoms with van der Waals surface area (Å²) in [5.74, 6) is -2.76. The minimum absolute atomic E-state index is 0.128. The first-order chi connectivity index (χ1) is 11.5. The number of aromatic hydroxyl groups is 1. The van der Waals surface area contributed by atoms with Crippen LogP contribution in [0.3, 0.4) is 0 Å². The van der Waals surface area contributed by atoms with Gasteiger partial charge in [0.05, 0.1) is 26.2 Å². The predicted molar refractivity (Wildman–Crippen MR) is 82.8 cm³/mol. The van der Waals surface area contributed by atoms with Crippen molar-refractivity contribution in [2.24, 2.45) is 0 Å². The number of esters is 2. The third kappa shape index (κ3) is 3.43. The summed E-state index contributed by atoms with van der Waals surface area (Å²) in [6, 6.07) is 3.29. The number of pyridine rings is 2. The van der Waals surface area contributed by atoms with Gasteiger partial charge in [0.2, 0.25) is 0 Å². The van der Waals surface area contributed by atoms with E-state index in [1.54, 1.807) is 12.1 Å². The highest BCUT2D eigenvalue weighted by Crippen LogP contribution is 2.33. The molecular weight excluding hydrogens is 316 g/mol. The maximum absolute atomic E-state index is 12.2. The van der Waals surface area contributed by atoms with Crippen molar-refractivity contribution < 1.29 is 24.2 Å². The van der Waals surface area contributed by atoms with Crippen molar-refractivity contribution in [3.63, 3.8) is 0 Å². The van der Waals surface area contributed by atoms with Crippen LogP contribution in [-0.4, -0.2) is 41.2 Å². The number of rotatable bonds is 5. The fraction of sp³-hybridized carbons (Fsp3) is 0.250. The fourth-order valence-electron chi connectivity index (χ4n) is 2.34. The molecule has 126 valence electrons. The van der Waals surface area contributed by atoms with E-state index in [0.717, 1.165) is 13.3 Å². The molecule has 8 nitrogen and oxygen atoms in total. The molecule has 8 heteroatoms. The highest BCUT2D eigenvalue weighted by Gasteiger charge is 2.28. The van der Waals surface area contributed by atoms with Gasteiger partial charge in [-0.3, -0.25) is 14.6 Å². The zero-order valence-electron chi connectivity index (χ0n) is 13.1. The highest BCUT2D eigenvalue weighted by molar-refractivity contribution is 5.92. The van der Waals surface area contributed by atoms with E-state index in [1.807, 2.05) is 0 Å². The Morgan fingerprint density at radius 1 is 1.33 bits per heavy atom. The average Bonchev–Trinajstić information content (AvgIpc) is 2.60. The molecule has 0 radical (unpaired) electrons. The molecule has 0 unspecified atom stereocenters. The normalized spacial score (nSPS) is 11.6. The van der Waals surface area contributed by atoms with Gasteiger partial charge in [0.25, 0.3) is 5.56 Å². The minimum atomic E-state index is -0.834. The number of carbonyl (C=O) groups is 2. The van der Waals surface area contributed by atoms with Gasteiger partial charge in [-0.1, -0.05) is 6.07 Å². The Kier molecular flexibility index (Phi) is 5.31. The smallest absolute Gasteiger partial charge is 0.343 e. The summed E-state index contributed by atoms with van der Waals surface area (Å²) < 4.78 is 9.23. The Bertz CT molecular complexity index is 800. The van der Waals surface area contributed by atoms with Crippen molar-refractivity contribution in [1.82, 2.24) is 9.97 Å². The lowest BCUT2D eigenvalue weighted by molar-refractivity contribution is -0.140. The molecule has 0 bridgehead atoms. The van der Waals surface area contributed by atoms with Crippen molar-refractivity contribution in [2.75, 3.05) is 14.2 Å². The van der Waals surface area contributed by atoms with Gasteiger partial charge in [-0.25, -0.2) is 4.79 Å². The third-order valence-corrected chi connectivity index (χ3v) is 3.54.